The van der Waals surface area contributed by atoms with Gasteiger partial charge in [0.2, 0.25) is 0 Å². The number of aromatic hydroxyl groups is 1. The maximum atomic E-state index is 10.4. The van der Waals surface area contributed by atoms with Crippen molar-refractivity contribution in [3.63, 3.8) is 0 Å². The number of rotatable bonds is 6. The number of pyridine rings is 1. The Morgan fingerprint density at radius 2 is 1.88 bits per heavy atom. The average molecular weight is 331 g/mol. The SMILES string of the molecule is CCCCc1ccc(O)c(C(C)c2cccc(-c3ccccn3)c2)c1. The molecule has 25 heavy (non-hydrogen) atoms. The van der Waals surface area contributed by atoms with Gasteiger partial charge in [-0.25, -0.2) is 0 Å². The molecular formula is C23H25NO. The molecular weight excluding hydrogens is 306 g/mol. The second-order valence-electron chi connectivity index (χ2n) is 6.56. The molecule has 0 saturated carbocycles. The second kappa shape index (κ2) is 7.98. The third-order valence-corrected chi connectivity index (χ3v) is 4.72. The quantitative estimate of drug-likeness (QED) is 0.605. The third kappa shape index (κ3) is 4.08. The molecule has 0 aliphatic heterocycles. The van der Waals surface area contributed by atoms with Crippen molar-refractivity contribution in [2.75, 3.05) is 0 Å². The van der Waals surface area contributed by atoms with E-state index in [1.807, 2.05) is 36.5 Å². The van der Waals surface area contributed by atoms with Gasteiger partial charge in [-0.2, -0.15) is 0 Å². The van der Waals surface area contributed by atoms with E-state index in [4.69, 9.17) is 0 Å². The summed E-state index contributed by atoms with van der Waals surface area (Å²) in [6.07, 6.45) is 5.23. The van der Waals surface area contributed by atoms with Crippen LogP contribution in [0.25, 0.3) is 11.3 Å². The molecule has 1 unspecified atom stereocenters. The molecule has 0 bridgehead atoms. The zero-order chi connectivity index (χ0) is 17.6. The Morgan fingerprint density at radius 3 is 2.64 bits per heavy atom. The number of hydrogen-bond donors (Lipinski definition) is 1. The number of hydrogen-bond acceptors (Lipinski definition) is 2. The lowest BCUT2D eigenvalue weighted by Crippen LogP contribution is -1.99. The first-order valence-corrected chi connectivity index (χ1v) is 9.02. The Bertz CT molecular complexity index is 827. The van der Waals surface area contributed by atoms with Crippen molar-refractivity contribution in [1.82, 2.24) is 4.98 Å². The van der Waals surface area contributed by atoms with Crippen molar-refractivity contribution in [1.29, 1.82) is 0 Å². The summed E-state index contributed by atoms with van der Waals surface area (Å²) >= 11 is 0. The lowest BCUT2D eigenvalue weighted by Gasteiger charge is -2.16. The first-order chi connectivity index (χ1) is 12.2. The fourth-order valence-electron chi connectivity index (χ4n) is 3.17. The van der Waals surface area contributed by atoms with E-state index in [2.05, 4.69) is 49.2 Å². The Kier molecular flexibility index (Phi) is 5.49. The molecule has 0 fully saturated rings. The standard InChI is InChI=1S/C23H25NO/c1-3-4-8-18-12-13-23(25)21(15-18)17(2)19-9-7-10-20(16-19)22-11-5-6-14-24-22/h5-7,9-17,25H,3-4,8H2,1-2H3. The zero-order valence-electron chi connectivity index (χ0n) is 14.9. The monoisotopic (exact) mass is 331 g/mol. The van der Waals surface area contributed by atoms with Crippen LogP contribution in [0, 0.1) is 0 Å². The van der Waals surface area contributed by atoms with E-state index in [1.54, 1.807) is 0 Å². The van der Waals surface area contributed by atoms with Gasteiger partial charge in [-0.1, -0.05) is 56.7 Å². The van der Waals surface area contributed by atoms with E-state index in [-0.39, 0.29) is 5.92 Å². The number of aryl methyl sites for hydroxylation is 1. The molecule has 0 aliphatic rings. The second-order valence-corrected chi connectivity index (χ2v) is 6.56. The average Bonchev–Trinajstić information content (AvgIpc) is 2.67. The number of phenolic OH excluding ortho intramolecular Hbond substituents is 1. The van der Waals surface area contributed by atoms with E-state index >= 15 is 0 Å². The van der Waals surface area contributed by atoms with Crippen molar-refractivity contribution in [2.45, 2.75) is 39.0 Å². The molecule has 2 nitrogen and oxygen atoms in total. The van der Waals surface area contributed by atoms with Crippen LogP contribution >= 0.6 is 0 Å². The van der Waals surface area contributed by atoms with Crippen molar-refractivity contribution in [2.24, 2.45) is 0 Å². The predicted molar refractivity (Wildman–Crippen MR) is 104 cm³/mol. The lowest BCUT2D eigenvalue weighted by molar-refractivity contribution is 0.465. The van der Waals surface area contributed by atoms with E-state index in [0.717, 1.165) is 23.2 Å². The van der Waals surface area contributed by atoms with Crippen LogP contribution in [-0.4, -0.2) is 10.1 Å². The zero-order valence-corrected chi connectivity index (χ0v) is 14.9. The summed E-state index contributed by atoms with van der Waals surface area (Å²) in [6.45, 7) is 4.35. The first kappa shape index (κ1) is 17.2. The molecule has 1 heterocycles. The Balaban J connectivity index is 1.92. The maximum absolute atomic E-state index is 10.4. The molecule has 1 N–H and O–H groups in total. The smallest absolute Gasteiger partial charge is 0.119 e. The molecule has 3 rings (SSSR count). The van der Waals surface area contributed by atoms with Crippen LogP contribution in [0.1, 0.15) is 49.3 Å². The van der Waals surface area contributed by atoms with E-state index in [0.29, 0.717) is 5.75 Å². The van der Waals surface area contributed by atoms with Gasteiger partial charge in [0.1, 0.15) is 5.75 Å². The van der Waals surface area contributed by atoms with Crippen LogP contribution < -0.4 is 0 Å². The Morgan fingerprint density at radius 1 is 1.00 bits per heavy atom. The number of nitrogens with zero attached hydrogens (tertiary/aromatic N) is 1. The first-order valence-electron chi connectivity index (χ1n) is 9.02. The maximum Gasteiger partial charge on any atom is 0.119 e. The van der Waals surface area contributed by atoms with E-state index in [1.165, 1.54) is 24.0 Å². The topological polar surface area (TPSA) is 33.1 Å². The van der Waals surface area contributed by atoms with Crippen molar-refractivity contribution >= 4 is 0 Å². The normalized spacial score (nSPS) is 12.1. The summed E-state index contributed by atoms with van der Waals surface area (Å²) in [7, 11) is 0. The van der Waals surface area contributed by atoms with Crippen LogP contribution in [0.15, 0.2) is 66.9 Å². The molecule has 0 saturated heterocycles. The van der Waals surface area contributed by atoms with Gasteiger partial charge < -0.3 is 5.11 Å². The van der Waals surface area contributed by atoms with Gasteiger partial charge in [0, 0.05) is 23.2 Å². The van der Waals surface area contributed by atoms with Crippen molar-refractivity contribution in [3.8, 4) is 17.0 Å². The highest BCUT2D eigenvalue weighted by molar-refractivity contribution is 5.60. The summed E-state index contributed by atoms with van der Waals surface area (Å²) in [6, 6.07) is 20.4. The largest absolute Gasteiger partial charge is 0.508 e. The van der Waals surface area contributed by atoms with Crippen LogP contribution in [-0.2, 0) is 6.42 Å². The molecule has 0 aliphatic carbocycles. The predicted octanol–water partition coefficient (Wildman–Crippen LogP) is 5.95. The molecule has 1 atom stereocenters. The molecule has 2 aromatic carbocycles. The van der Waals surface area contributed by atoms with Crippen LogP contribution in [0.3, 0.4) is 0 Å². The van der Waals surface area contributed by atoms with E-state index in [9.17, 15) is 5.11 Å². The number of phenols is 1. The third-order valence-electron chi connectivity index (χ3n) is 4.72. The van der Waals surface area contributed by atoms with Gasteiger partial charge in [-0.3, -0.25) is 4.98 Å². The Labute approximate surface area is 150 Å². The van der Waals surface area contributed by atoms with Crippen LogP contribution in [0.4, 0.5) is 0 Å². The highest BCUT2D eigenvalue weighted by Gasteiger charge is 2.14. The summed E-state index contributed by atoms with van der Waals surface area (Å²) in [5, 5.41) is 10.4. The highest BCUT2D eigenvalue weighted by Crippen LogP contribution is 2.33. The Hall–Kier alpha value is -2.61. The fourth-order valence-corrected chi connectivity index (χ4v) is 3.17. The van der Waals surface area contributed by atoms with Gasteiger partial charge >= 0.3 is 0 Å². The summed E-state index contributed by atoms with van der Waals surface area (Å²) in [5.41, 5.74) is 5.55. The molecule has 0 radical (unpaired) electrons. The van der Waals surface area contributed by atoms with Crippen LogP contribution in [0.5, 0.6) is 5.75 Å². The van der Waals surface area contributed by atoms with Gasteiger partial charge in [0.15, 0.2) is 0 Å². The molecule has 0 amide bonds. The summed E-state index contributed by atoms with van der Waals surface area (Å²) in [5.74, 6) is 0.501. The number of benzene rings is 2. The number of unbranched alkanes of at least 4 members (excludes halogenated alkanes) is 1. The van der Waals surface area contributed by atoms with Gasteiger partial charge in [-0.05, 0) is 48.2 Å². The highest BCUT2D eigenvalue weighted by atomic mass is 16.3. The summed E-state index contributed by atoms with van der Waals surface area (Å²) in [4.78, 5) is 4.44. The minimum absolute atomic E-state index is 0.130. The number of aromatic nitrogens is 1. The van der Waals surface area contributed by atoms with Crippen molar-refractivity contribution in [3.05, 3.63) is 83.6 Å². The molecule has 3 aromatic rings. The molecule has 1 aromatic heterocycles. The molecule has 2 heteroatoms. The van der Waals surface area contributed by atoms with Crippen LogP contribution in [0.2, 0.25) is 0 Å². The van der Waals surface area contributed by atoms with Crippen molar-refractivity contribution < 1.29 is 5.11 Å². The lowest BCUT2D eigenvalue weighted by atomic mass is 9.89. The van der Waals surface area contributed by atoms with Gasteiger partial charge in [0.05, 0.1) is 5.69 Å². The van der Waals surface area contributed by atoms with Gasteiger partial charge in [0.25, 0.3) is 0 Å². The van der Waals surface area contributed by atoms with Gasteiger partial charge in [-0.15, -0.1) is 0 Å². The molecule has 128 valence electrons. The van der Waals surface area contributed by atoms with E-state index < -0.39 is 0 Å². The minimum Gasteiger partial charge on any atom is -0.508 e. The molecule has 0 spiro atoms. The summed E-state index contributed by atoms with van der Waals surface area (Å²) < 4.78 is 0. The fraction of sp³-hybridized carbons (Fsp3) is 0.261. The minimum atomic E-state index is 0.130.